The molecule has 0 unspecified atom stereocenters. The largest absolute Gasteiger partial charge is 0.344 e. The van der Waals surface area contributed by atoms with Crippen LogP contribution in [0, 0.1) is 22.7 Å². The molecule has 0 aliphatic carbocycles. The van der Waals surface area contributed by atoms with Crippen LogP contribution in [-0.4, -0.2) is 18.9 Å². The molecule has 0 atom stereocenters. The van der Waals surface area contributed by atoms with E-state index in [4.69, 9.17) is 10.5 Å². The summed E-state index contributed by atoms with van der Waals surface area (Å²) < 4.78 is 0.792. The van der Waals surface area contributed by atoms with Crippen molar-refractivity contribution < 1.29 is 4.79 Å². The van der Waals surface area contributed by atoms with Gasteiger partial charge in [-0.15, -0.1) is 0 Å². The number of nitrogens with zero attached hydrogens (tertiary/aromatic N) is 3. The Morgan fingerprint density at radius 1 is 1.35 bits per heavy atom. The highest BCUT2D eigenvalue weighted by Gasteiger charge is 2.14. The summed E-state index contributed by atoms with van der Waals surface area (Å²) in [7, 11) is 0. The molecule has 0 fully saturated rings. The van der Waals surface area contributed by atoms with Crippen LogP contribution in [0.15, 0.2) is 22.7 Å². The number of rotatable bonds is 4. The van der Waals surface area contributed by atoms with Gasteiger partial charge in [-0.25, -0.2) is 0 Å². The first-order valence-corrected chi connectivity index (χ1v) is 5.68. The van der Waals surface area contributed by atoms with E-state index in [9.17, 15) is 4.79 Å². The molecule has 86 valence electrons. The second-order valence-electron chi connectivity index (χ2n) is 3.39. The predicted octanol–water partition coefficient (Wildman–Crippen LogP) is 2.51. The van der Waals surface area contributed by atoms with Gasteiger partial charge >= 0.3 is 0 Å². The number of ketones is 1. The zero-order valence-corrected chi connectivity index (χ0v) is 10.9. The normalized spacial score (nSPS) is 9.18. The van der Waals surface area contributed by atoms with Gasteiger partial charge in [-0.2, -0.15) is 10.5 Å². The molecule has 0 aliphatic rings. The number of hydrogen-bond donors (Lipinski definition) is 0. The Morgan fingerprint density at radius 3 is 2.41 bits per heavy atom. The van der Waals surface area contributed by atoms with Crippen LogP contribution >= 0.6 is 15.9 Å². The Labute approximate surface area is 108 Å². The second kappa shape index (κ2) is 6.03. The number of hydrogen-bond acceptors (Lipinski definition) is 4. The minimum absolute atomic E-state index is 0.0788. The highest BCUT2D eigenvalue weighted by Crippen LogP contribution is 2.24. The maximum Gasteiger partial charge on any atom is 0.161 e. The van der Waals surface area contributed by atoms with Crippen molar-refractivity contribution in [1.82, 2.24) is 0 Å². The summed E-state index contributed by atoms with van der Waals surface area (Å²) in [4.78, 5) is 13.1. The van der Waals surface area contributed by atoms with E-state index < -0.39 is 0 Å². The van der Waals surface area contributed by atoms with Crippen molar-refractivity contribution >= 4 is 27.4 Å². The molecule has 1 rings (SSSR count). The molecule has 0 heterocycles. The maximum atomic E-state index is 11.5. The number of anilines is 1. The Hall–Kier alpha value is -1.85. The molecule has 0 aliphatic heterocycles. The topological polar surface area (TPSA) is 67.9 Å². The quantitative estimate of drug-likeness (QED) is 0.631. The minimum Gasteiger partial charge on any atom is -0.344 e. The van der Waals surface area contributed by atoms with E-state index in [-0.39, 0.29) is 18.9 Å². The molecule has 17 heavy (non-hydrogen) atoms. The summed E-state index contributed by atoms with van der Waals surface area (Å²) in [5.74, 6) is -0.0952. The molecule has 4 nitrogen and oxygen atoms in total. The van der Waals surface area contributed by atoms with Crippen molar-refractivity contribution in [3.05, 3.63) is 28.2 Å². The third-order valence-corrected chi connectivity index (χ3v) is 2.69. The predicted molar refractivity (Wildman–Crippen MR) is 67.6 cm³/mol. The standard InChI is InChI=1S/C12H10BrN3O/c1-9(17)11-8-10(13)2-3-12(11)16(6-4-14)7-5-15/h2-3,8H,6-7H2,1H3. The highest BCUT2D eigenvalue weighted by molar-refractivity contribution is 9.10. The number of nitriles is 2. The lowest BCUT2D eigenvalue weighted by Crippen LogP contribution is -2.25. The number of carbonyl (C=O) groups excluding carboxylic acids is 1. The first-order valence-electron chi connectivity index (χ1n) is 4.89. The highest BCUT2D eigenvalue weighted by atomic mass is 79.9. The molecule has 1 aromatic carbocycles. The fourth-order valence-corrected chi connectivity index (χ4v) is 1.82. The van der Waals surface area contributed by atoms with Gasteiger partial charge in [-0.3, -0.25) is 4.79 Å². The summed E-state index contributed by atoms with van der Waals surface area (Å²) in [5, 5.41) is 17.4. The van der Waals surface area contributed by atoms with E-state index in [2.05, 4.69) is 15.9 Å². The van der Waals surface area contributed by atoms with Gasteiger partial charge in [0.1, 0.15) is 13.1 Å². The Morgan fingerprint density at radius 2 is 1.94 bits per heavy atom. The minimum atomic E-state index is -0.0952. The van der Waals surface area contributed by atoms with Crippen molar-refractivity contribution in [2.45, 2.75) is 6.92 Å². The average molecular weight is 292 g/mol. The van der Waals surface area contributed by atoms with Gasteiger partial charge in [0.25, 0.3) is 0 Å². The SMILES string of the molecule is CC(=O)c1cc(Br)ccc1N(CC#N)CC#N. The van der Waals surface area contributed by atoms with Crippen LogP contribution < -0.4 is 4.90 Å². The molecule has 0 radical (unpaired) electrons. The van der Waals surface area contributed by atoms with Crippen LogP contribution in [0.5, 0.6) is 0 Å². The molecular weight excluding hydrogens is 282 g/mol. The number of benzene rings is 1. The molecule has 0 N–H and O–H groups in total. The molecule has 0 spiro atoms. The van der Waals surface area contributed by atoms with E-state index in [1.165, 1.54) is 6.92 Å². The first-order chi connectivity index (χ1) is 8.10. The second-order valence-corrected chi connectivity index (χ2v) is 4.31. The maximum absolute atomic E-state index is 11.5. The van der Waals surface area contributed by atoms with Crippen LogP contribution in [0.2, 0.25) is 0 Å². The van der Waals surface area contributed by atoms with Crippen LogP contribution in [0.4, 0.5) is 5.69 Å². The fraction of sp³-hybridized carbons (Fsp3) is 0.250. The van der Waals surface area contributed by atoms with Crippen LogP contribution in [0.3, 0.4) is 0 Å². The van der Waals surface area contributed by atoms with Crippen molar-refractivity contribution in [2.24, 2.45) is 0 Å². The van der Waals surface area contributed by atoms with E-state index in [0.29, 0.717) is 11.3 Å². The Kier molecular flexibility index (Phi) is 4.68. The first kappa shape index (κ1) is 13.2. The smallest absolute Gasteiger partial charge is 0.161 e. The molecule has 0 amide bonds. The Bertz CT molecular complexity index is 497. The van der Waals surface area contributed by atoms with Crippen molar-refractivity contribution in [3.8, 4) is 12.1 Å². The lowest BCUT2D eigenvalue weighted by Gasteiger charge is -2.20. The van der Waals surface area contributed by atoms with Crippen LogP contribution in [0.1, 0.15) is 17.3 Å². The zero-order chi connectivity index (χ0) is 12.8. The van der Waals surface area contributed by atoms with Crippen molar-refractivity contribution in [3.63, 3.8) is 0 Å². The summed E-state index contributed by atoms with van der Waals surface area (Å²) in [6.45, 7) is 1.62. The molecule has 0 aromatic heterocycles. The van der Waals surface area contributed by atoms with Gasteiger partial charge in [-0.1, -0.05) is 15.9 Å². The van der Waals surface area contributed by atoms with E-state index in [1.54, 1.807) is 23.1 Å². The monoisotopic (exact) mass is 291 g/mol. The van der Waals surface area contributed by atoms with Crippen LogP contribution in [-0.2, 0) is 0 Å². The van der Waals surface area contributed by atoms with Crippen molar-refractivity contribution in [2.75, 3.05) is 18.0 Å². The number of halogens is 1. The molecular formula is C12H10BrN3O. The summed E-state index contributed by atoms with van der Waals surface area (Å²) in [6, 6.07) is 9.17. The molecule has 5 heteroatoms. The van der Waals surface area contributed by atoms with E-state index in [1.807, 2.05) is 12.1 Å². The number of Topliss-reactive ketones (excluding diaryl/α,β-unsaturated/α-hetero) is 1. The third-order valence-electron chi connectivity index (χ3n) is 2.20. The summed E-state index contributed by atoms with van der Waals surface area (Å²) >= 11 is 3.29. The molecule has 0 saturated carbocycles. The van der Waals surface area contributed by atoms with Gasteiger partial charge in [-0.05, 0) is 25.1 Å². The number of carbonyl (C=O) groups is 1. The average Bonchev–Trinajstić information content (AvgIpc) is 2.28. The fourth-order valence-electron chi connectivity index (χ4n) is 1.46. The van der Waals surface area contributed by atoms with Crippen molar-refractivity contribution in [1.29, 1.82) is 10.5 Å². The third kappa shape index (κ3) is 3.30. The van der Waals surface area contributed by atoms with Gasteiger partial charge < -0.3 is 4.90 Å². The zero-order valence-electron chi connectivity index (χ0n) is 9.27. The molecule has 0 bridgehead atoms. The van der Waals surface area contributed by atoms with Crippen LogP contribution in [0.25, 0.3) is 0 Å². The van der Waals surface area contributed by atoms with Gasteiger partial charge in [0.2, 0.25) is 0 Å². The molecule has 1 aromatic rings. The lowest BCUT2D eigenvalue weighted by molar-refractivity contribution is 0.101. The van der Waals surface area contributed by atoms with Gasteiger partial charge in [0.05, 0.1) is 12.1 Å². The van der Waals surface area contributed by atoms with E-state index in [0.717, 1.165) is 4.47 Å². The molecule has 0 saturated heterocycles. The van der Waals surface area contributed by atoms with E-state index >= 15 is 0 Å². The van der Waals surface area contributed by atoms with Gasteiger partial charge in [0, 0.05) is 15.7 Å². The Balaban J connectivity index is 3.23. The summed E-state index contributed by atoms with van der Waals surface area (Å²) in [6.07, 6.45) is 0. The lowest BCUT2D eigenvalue weighted by atomic mass is 10.1. The summed E-state index contributed by atoms with van der Waals surface area (Å²) in [5.41, 5.74) is 1.12. The van der Waals surface area contributed by atoms with Gasteiger partial charge in [0.15, 0.2) is 5.78 Å².